The Bertz CT molecular complexity index is 1320. The lowest BCUT2D eigenvalue weighted by molar-refractivity contribution is -0.139. The fourth-order valence-corrected chi connectivity index (χ4v) is 4.74. The number of aliphatic carboxylic acids is 1. The van der Waals surface area contributed by atoms with Gasteiger partial charge in [-0.2, -0.15) is 8.42 Å². The predicted molar refractivity (Wildman–Crippen MR) is 121 cm³/mol. The van der Waals surface area contributed by atoms with E-state index in [1.807, 2.05) is 48.5 Å². The first-order chi connectivity index (χ1) is 16.1. The standard InChI is InChI=1S/C24H21NO8S/c26-21-10-9-14(12-22(21)34(30,31)32)11-20(23(27)28)25-24(29)33-13-19-17-7-3-1-5-15(17)16-6-2-4-8-18(16)19/h1-10,12,19-20,26H,11,13H2,(H,25,29)(H,27,28)(H,30,31,32). The Hall–Kier alpha value is -3.89. The Morgan fingerprint density at radius 2 is 1.56 bits per heavy atom. The Kier molecular flexibility index (Phi) is 6.27. The zero-order valence-electron chi connectivity index (χ0n) is 17.7. The lowest BCUT2D eigenvalue weighted by Gasteiger charge is -2.18. The summed E-state index contributed by atoms with van der Waals surface area (Å²) >= 11 is 0. The number of fused-ring (bicyclic) bond motifs is 3. The predicted octanol–water partition coefficient (Wildman–Crippen LogP) is 3.17. The Morgan fingerprint density at radius 3 is 2.12 bits per heavy atom. The number of phenolic OH excluding ortho intramolecular Hbond substituents is 1. The van der Waals surface area contributed by atoms with Gasteiger partial charge in [-0.1, -0.05) is 54.6 Å². The second kappa shape index (κ2) is 9.16. The van der Waals surface area contributed by atoms with Crippen LogP contribution in [0, 0.1) is 0 Å². The van der Waals surface area contributed by atoms with E-state index in [1.54, 1.807) is 0 Å². The molecule has 0 saturated heterocycles. The number of alkyl carbamates (subject to hydrolysis) is 1. The molecule has 1 aliphatic rings. The summed E-state index contributed by atoms with van der Waals surface area (Å²) in [7, 11) is -4.71. The lowest BCUT2D eigenvalue weighted by atomic mass is 9.98. The highest BCUT2D eigenvalue weighted by atomic mass is 32.2. The molecule has 176 valence electrons. The van der Waals surface area contributed by atoms with Crippen LogP contribution in [0.15, 0.2) is 71.6 Å². The van der Waals surface area contributed by atoms with Gasteiger partial charge in [-0.3, -0.25) is 4.55 Å². The largest absolute Gasteiger partial charge is 0.506 e. The van der Waals surface area contributed by atoms with E-state index in [0.29, 0.717) is 0 Å². The number of benzene rings is 3. The van der Waals surface area contributed by atoms with Crippen LogP contribution in [0.1, 0.15) is 22.6 Å². The molecule has 10 heteroatoms. The van der Waals surface area contributed by atoms with E-state index in [2.05, 4.69) is 5.32 Å². The quantitative estimate of drug-likeness (QED) is 0.374. The molecule has 0 radical (unpaired) electrons. The van der Waals surface area contributed by atoms with Crippen molar-refractivity contribution in [2.24, 2.45) is 0 Å². The van der Waals surface area contributed by atoms with Crippen LogP contribution in [0.25, 0.3) is 11.1 Å². The summed E-state index contributed by atoms with van der Waals surface area (Å²) in [5.74, 6) is -2.24. The number of aromatic hydroxyl groups is 1. The van der Waals surface area contributed by atoms with E-state index in [4.69, 9.17) is 4.74 Å². The molecule has 0 spiro atoms. The molecular formula is C24H21NO8S. The van der Waals surface area contributed by atoms with Crippen molar-refractivity contribution in [1.82, 2.24) is 5.32 Å². The number of amides is 1. The highest BCUT2D eigenvalue weighted by molar-refractivity contribution is 7.86. The van der Waals surface area contributed by atoms with Gasteiger partial charge in [0.05, 0.1) is 0 Å². The zero-order chi connectivity index (χ0) is 24.5. The molecule has 0 aromatic heterocycles. The fourth-order valence-electron chi connectivity index (χ4n) is 4.11. The number of carboxylic acids is 1. The van der Waals surface area contributed by atoms with Crippen molar-refractivity contribution in [2.45, 2.75) is 23.3 Å². The van der Waals surface area contributed by atoms with Crippen LogP contribution < -0.4 is 5.32 Å². The van der Waals surface area contributed by atoms with Gasteiger partial charge < -0.3 is 20.3 Å². The molecule has 1 unspecified atom stereocenters. The molecule has 9 nitrogen and oxygen atoms in total. The number of hydrogen-bond donors (Lipinski definition) is 4. The first-order valence-electron chi connectivity index (χ1n) is 10.3. The zero-order valence-corrected chi connectivity index (χ0v) is 18.5. The minimum atomic E-state index is -4.71. The maximum Gasteiger partial charge on any atom is 0.407 e. The molecule has 1 atom stereocenters. The van der Waals surface area contributed by atoms with E-state index in [1.165, 1.54) is 6.07 Å². The second-order valence-electron chi connectivity index (χ2n) is 7.84. The maximum absolute atomic E-state index is 12.4. The number of phenols is 1. The van der Waals surface area contributed by atoms with Crippen molar-refractivity contribution in [2.75, 3.05) is 6.61 Å². The third kappa shape index (κ3) is 4.73. The van der Waals surface area contributed by atoms with Gasteiger partial charge >= 0.3 is 12.1 Å². The van der Waals surface area contributed by atoms with E-state index in [9.17, 15) is 32.8 Å². The van der Waals surface area contributed by atoms with E-state index < -0.39 is 38.9 Å². The minimum Gasteiger partial charge on any atom is -0.506 e. The number of ether oxygens (including phenoxy) is 1. The maximum atomic E-state index is 12.4. The number of hydrogen-bond acceptors (Lipinski definition) is 6. The van der Waals surface area contributed by atoms with Crippen LogP contribution >= 0.6 is 0 Å². The molecule has 0 fully saturated rings. The summed E-state index contributed by atoms with van der Waals surface area (Å²) in [6.07, 6.45) is -1.24. The summed E-state index contributed by atoms with van der Waals surface area (Å²) in [5, 5.41) is 21.4. The molecule has 34 heavy (non-hydrogen) atoms. The Labute approximate surface area is 195 Å². The average Bonchev–Trinajstić information content (AvgIpc) is 3.11. The third-order valence-corrected chi connectivity index (χ3v) is 6.56. The van der Waals surface area contributed by atoms with Gasteiger partial charge in [-0.15, -0.1) is 0 Å². The number of carbonyl (C=O) groups is 2. The lowest BCUT2D eigenvalue weighted by Crippen LogP contribution is -2.42. The van der Waals surface area contributed by atoms with Gasteiger partial charge in [0.15, 0.2) is 0 Å². The third-order valence-electron chi connectivity index (χ3n) is 5.68. The molecule has 0 saturated carbocycles. The molecular weight excluding hydrogens is 462 g/mol. The van der Waals surface area contributed by atoms with Crippen molar-refractivity contribution in [1.29, 1.82) is 0 Å². The van der Waals surface area contributed by atoms with Crippen LogP contribution in [0.2, 0.25) is 0 Å². The molecule has 1 amide bonds. The SMILES string of the molecule is O=C(NC(Cc1ccc(O)c(S(=O)(=O)O)c1)C(=O)O)OCC1c2ccccc2-c2ccccc21. The first-order valence-corrected chi connectivity index (χ1v) is 11.7. The van der Waals surface area contributed by atoms with Gasteiger partial charge in [0.2, 0.25) is 0 Å². The molecule has 0 heterocycles. The topological polar surface area (TPSA) is 150 Å². The molecule has 1 aliphatic carbocycles. The van der Waals surface area contributed by atoms with Gasteiger partial charge in [-0.05, 0) is 39.9 Å². The van der Waals surface area contributed by atoms with Gasteiger partial charge in [-0.25, -0.2) is 9.59 Å². The Morgan fingerprint density at radius 1 is 0.971 bits per heavy atom. The average molecular weight is 483 g/mol. The van der Waals surface area contributed by atoms with E-state index in [0.717, 1.165) is 34.4 Å². The molecule has 4 rings (SSSR count). The van der Waals surface area contributed by atoms with Crippen LogP contribution in [0.3, 0.4) is 0 Å². The van der Waals surface area contributed by atoms with Crippen molar-refractivity contribution in [3.05, 3.63) is 83.4 Å². The molecule has 0 aliphatic heterocycles. The van der Waals surface area contributed by atoms with Gasteiger partial charge in [0, 0.05) is 12.3 Å². The number of carboxylic acid groups (broad SMARTS) is 1. The van der Waals surface area contributed by atoms with E-state index >= 15 is 0 Å². The van der Waals surface area contributed by atoms with Crippen LogP contribution in [0.5, 0.6) is 5.75 Å². The summed E-state index contributed by atoms with van der Waals surface area (Å²) in [6, 6.07) is 17.4. The summed E-state index contributed by atoms with van der Waals surface area (Å²) in [5.41, 5.74) is 4.29. The van der Waals surface area contributed by atoms with Gasteiger partial charge in [0.1, 0.15) is 23.3 Å². The molecule has 0 bridgehead atoms. The smallest absolute Gasteiger partial charge is 0.407 e. The second-order valence-corrected chi connectivity index (χ2v) is 9.23. The number of rotatable bonds is 7. The van der Waals surface area contributed by atoms with Gasteiger partial charge in [0.25, 0.3) is 10.1 Å². The highest BCUT2D eigenvalue weighted by Crippen LogP contribution is 2.44. The molecule has 3 aromatic rings. The normalized spacial score (nSPS) is 13.6. The van der Waals surface area contributed by atoms with Crippen molar-refractivity contribution >= 4 is 22.2 Å². The molecule has 4 N–H and O–H groups in total. The van der Waals surface area contributed by atoms with Crippen LogP contribution in [-0.4, -0.2) is 47.9 Å². The minimum absolute atomic E-state index is 0.00167. The van der Waals surface area contributed by atoms with Crippen LogP contribution in [-0.2, 0) is 26.1 Å². The van der Waals surface area contributed by atoms with Crippen molar-refractivity contribution < 1.29 is 37.5 Å². The Balaban J connectivity index is 1.45. The fraction of sp³-hybridized carbons (Fsp3) is 0.167. The van der Waals surface area contributed by atoms with Crippen molar-refractivity contribution in [3.8, 4) is 16.9 Å². The summed E-state index contributed by atoms with van der Waals surface area (Å²) in [4.78, 5) is 23.4. The highest BCUT2D eigenvalue weighted by Gasteiger charge is 2.30. The van der Waals surface area contributed by atoms with Crippen molar-refractivity contribution in [3.63, 3.8) is 0 Å². The van der Waals surface area contributed by atoms with E-state index in [-0.39, 0.29) is 24.5 Å². The summed E-state index contributed by atoms with van der Waals surface area (Å²) in [6.45, 7) is -0.00167. The monoisotopic (exact) mass is 483 g/mol. The number of carbonyl (C=O) groups excluding carboxylic acids is 1. The number of nitrogens with one attached hydrogen (secondary N) is 1. The molecule has 3 aromatic carbocycles. The first kappa shape index (κ1) is 23.3. The summed E-state index contributed by atoms with van der Waals surface area (Å²) < 4.78 is 37.3. The van der Waals surface area contributed by atoms with Crippen LogP contribution in [0.4, 0.5) is 4.79 Å².